The summed E-state index contributed by atoms with van der Waals surface area (Å²) in [6, 6.07) is 8.52. The number of carbonyl (C=O) groups is 2. The molecule has 0 atom stereocenters. The zero-order chi connectivity index (χ0) is 22.9. The van der Waals surface area contributed by atoms with Crippen LogP contribution in [-0.2, 0) is 11.2 Å². The number of likely N-dealkylation sites (tertiary alicyclic amines) is 1. The largest absolute Gasteiger partial charge is 0.490 e. The molecule has 0 aliphatic carbocycles. The van der Waals surface area contributed by atoms with Gasteiger partial charge in [0.25, 0.3) is 5.91 Å². The second kappa shape index (κ2) is 8.75. The molecule has 1 fully saturated rings. The second-order valence-electron chi connectivity index (χ2n) is 7.99. The van der Waals surface area contributed by atoms with Gasteiger partial charge in [-0.25, -0.2) is 8.78 Å². The van der Waals surface area contributed by atoms with Gasteiger partial charge in [-0.2, -0.15) is 5.26 Å². The Balaban J connectivity index is 1.43. The lowest BCUT2D eigenvalue weighted by molar-refractivity contribution is -0.121. The highest BCUT2D eigenvalue weighted by molar-refractivity contribution is 6.32. The van der Waals surface area contributed by atoms with E-state index < -0.39 is 23.0 Å². The van der Waals surface area contributed by atoms with Crippen molar-refractivity contribution in [3.05, 3.63) is 58.1 Å². The minimum absolute atomic E-state index is 0.0313. The number of ether oxygens (including phenoxy) is 2. The van der Waals surface area contributed by atoms with Crippen molar-refractivity contribution in [2.75, 3.05) is 26.3 Å². The van der Waals surface area contributed by atoms with Gasteiger partial charge >= 0.3 is 0 Å². The molecule has 0 N–H and O–H groups in total. The Morgan fingerprint density at radius 3 is 2.69 bits per heavy atom. The van der Waals surface area contributed by atoms with Gasteiger partial charge in [-0.15, -0.1) is 0 Å². The zero-order valence-corrected chi connectivity index (χ0v) is 17.8. The van der Waals surface area contributed by atoms with Gasteiger partial charge in [-0.1, -0.05) is 11.6 Å². The third-order valence-electron chi connectivity index (χ3n) is 5.80. The average molecular weight is 461 g/mol. The number of carbonyl (C=O) groups excluding carboxylic acids is 2. The molecule has 32 heavy (non-hydrogen) atoms. The number of nitrogens with zero attached hydrogens (tertiary/aromatic N) is 2. The van der Waals surface area contributed by atoms with Gasteiger partial charge in [-0.3, -0.25) is 9.59 Å². The van der Waals surface area contributed by atoms with E-state index in [1.165, 1.54) is 23.1 Å². The standard InChI is InChI=1S/C23H19ClF2N2O4/c24-18-9-15(25)1-2-20(18)32-13-23(12-27)3-5-28(6-4-23)22(30)17-8-14-7-16(29)11-31-21(14)10-19(17)26/h1-2,8-10H,3-7,11,13H2. The van der Waals surface area contributed by atoms with E-state index in [0.29, 0.717) is 18.4 Å². The van der Waals surface area contributed by atoms with Crippen LogP contribution in [0.25, 0.3) is 0 Å². The second-order valence-corrected chi connectivity index (χ2v) is 8.40. The summed E-state index contributed by atoms with van der Waals surface area (Å²) in [6.07, 6.45) is 0.737. The molecule has 4 rings (SSSR count). The molecule has 0 saturated carbocycles. The van der Waals surface area contributed by atoms with Crippen molar-refractivity contribution in [3.63, 3.8) is 0 Å². The summed E-state index contributed by atoms with van der Waals surface area (Å²) in [5, 5.41) is 9.85. The molecule has 0 aromatic heterocycles. The fraction of sp³-hybridized carbons (Fsp3) is 0.348. The van der Waals surface area contributed by atoms with Gasteiger partial charge in [-0.05, 0) is 37.1 Å². The van der Waals surface area contributed by atoms with Crippen molar-refractivity contribution in [1.29, 1.82) is 5.26 Å². The van der Waals surface area contributed by atoms with Crippen LogP contribution in [0.1, 0.15) is 28.8 Å². The molecule has 0 bridgehead atoms. The minimum atomic E-state index is -0.858. The average Bonchev–Trinajstić information content (AvgIpc) is 2.78. The predicted octanol–water partition coefficient (Wildman–Crippen LogP) is 3.95. The Kier molecular flexibility index (Phi) is 6.02. The van der Waals surface area contributed by atoms with Crippen LogP contribution in [0, 0.1) is 28.4 Å². The van der Waals surface area contributed by atoms with E-state index in [-0.39, 0.29) is 60.6 Å². The number of nitriles is 1. The Hall–Kier alpha value is -3.18. The van der Waals surface area contributed by atoms with Crippen molar-refractivity contribution in [2.24, 2.45) is 5.41 Å². The predicted molar refractivity (Wildman–Crippen MR) is 111 cm³/mol. The molecule has 0 unspecified atom stereocenters. The van der Waals surface area contributed by atoms with Crippen LogP contribution in [-0.4, -0.2) is 42.9 Å². The number of halogens is 3. The van der Waals surface area contributed by atoms with Crippen LogP contribution >= 0.6 is 11.6 Å². The number of hydrogen-bond acceptors (Lipinski definition) is 5. The lowest BCUT2D eigenvalue weighted by Gasteiger charge is -2.37. The maximum absolute atomic E-state index is 14.5. The number of ketones is 1. The van der Waals surface area contributed by atoms with Crippen LogP contribution in [0.15, 0.2) is 30.3 Å². The van der Waals surface area contributed by atoms with Gasteiger partial charge in [0.2, 0.25) is 0 Å². The molecule has 0 spiro atoms. The molecule has 0 radical (unpaired) electrons. The molecule has 1 amide bonds. The van der Waals surface area contributed by atoms with Crippen LogP contribution in [0.3, 0.4) is 0 Å². The van der Waals surface area contributed by atoms with Crippen LogP contribution in [0.2, 0.25) is 5.02 Å². The SMILES string of the molecule is N#CC1(COc2ccc(F)cc2Cl)CCN(C(=O)c2cc3c(cc2F)OCC(=O)C3)CC1. The van der Waals surface area contributed by atoms with E-state index >= 15 is 0 Å². The molecular weight excluding hydrogens is 442 g/mol. The molecule has 2 heterocycles. The smallest absolute Gasteiger partial charge is 0.256 e. The maximum atomic E-state index is 14.5. The first-order valence-electron chi connectivity index (χ1n) is 10.1. The van der Waals surface area contributed by atoms with E-state index in [1.54, 1.807) is 0 Å². The molecule has 2 aliphatic rings. The molecule has 2 aliphatic heterocycles. The fourth-order valence-corrected chi connectivity index (χ4v) is 4.08. The van der Waals surface area contributed by atoms with Crippen molar-refractivity contribution >= 4 is 23.3 Å². The Morgan fingerprint density at radius 2 is 2.00 bits per heavy atom. The molecule has 1 saturated heterocycles. The Labute approximate surface area is 188 Å². The summed E-state index contributed by atoms with van der Waals surface area (Å²) in [5.41, 5.74) is -0.497. The van der Waals surface area contributed by atoms with E-state index in [4.69, 9.17) is 21.1 Å². The van der Waals surface area contributed by atoms with E-state index in [1.807, 2.05) is 0 Å². The van der Waals surface area contributed by atoms with E-state index in [9.17, 15) is 23.6 Å². The van der Waals surface area contributed by atoms with Gasteiger partial charge in [0.05, 0.1) is 22.1 Å². The number of hydrogen-bond donors (Lipinski definition) is 0. The molecule has 2 aromatic carbocycles. The van der Waals surface area contributed by atoms with Crippen molar-refractivity contribution < 1.29 is 27.8 Å². The van der Waals surface area contributed by atoms with E-state index in [0.717, 1.165) is 12.1 Å². The lowest BCUT2D eigenvalue weighted by Crippen LogP contribution is -2.45. The third-order valence-corrected chi connectivity index (χ3v) is 6.10. The molecule has 9 heteroatoms. The molecule has 166 valence electrons. The highest BCUT2D eigenvalue weighted by Gasteiger charge is 2.38. The number of piperidine rings is 1. The van der Waals surface area contributed by atoms with Crippen molar-refractivity contribution in [2.45, 2.75) is 19.3 Å². The Morgan fingerprint density at radius 1 is 1.25 bits per heavy atom. The van der Waals surface area contributed by atoms with Gasteiger partial charge in [0, 0.05) is 31.1 Å². The highest BCUT2D eigenvalue weighted by Crippen LogP contribution is 2.35. The zero-order valence-electron chi connectivity index (χ0n) is 17.0. The number of rotatable bonds is 4. The maximum Gasteiger partial charge on any atom is 0.256 e. The topological polar surface area (TPSA) is 79.6 Å². The summed E-state index contributed by atoms with van der Waals surface area (Å²) < 4.78 is 38.6. The fourth-order valence-electron chi connectivity index (χ4n) is 3.86. The van der Waals surface area contributed by atoms with Crippen molar-refractivity contribution in [1.82, 2.24) is 4.90 Å². The van der Waals surface area contributed by atoms with Crippen LogP contribution < -0.4 is 9.47 Å². The van der Waals surface area contributed by atoms with Gasteiger partial charge < -0.3 is 14.4 Å². The Bertz CT molecular complexity index is 1120. The first kappa shape index (κ1) is 22.0. The van der Waals surface area contributed by atoms with Crippen LogP contribution in [0.5, 0.6) is 11.5 Å². The molecule has 2 aromatic rings. The first-order valence-corrected chi connectivity index (χ1v) is 10.4. The number of Topliss-reactive ketones (excluding diaryl/α,β-unsaturated/α-hetero) is 1. The summed E-state index contributed by atoms with van der Waals surface area (Å²) in [6.45, 7) is 0.397. The van der Waals surface area contributed by atoms with Gasteiger partial charge in [0.1, 0.15) is 36.3 Å². The summed E-state index contributed by atoms with van der Waals surface area (Å²) in [7, 11) is 0. The molecule has 6 nitrogen and oxygen atoms in total. The highest BCUT2D eigenvalue weighted by atomic mass is 35.5. The summed E-state index contributed by atoms with van der Waals surface area (Å²) in [5.74, 6) is -1.30. The number of amides is 1. The lowest BCUT2D eigenvalue weighted by atomic mass is 9.80. The summed E-state index contributed by atoms with van der Waals surface area (Å²) >= 11 is 5.98. The summed E-state index contributed by atoms with van der Waals surface area (Å²) in [4.78, 5) is 26.0. The number of benzene rings is 2. The van der Waals surface area contributed by atoms with E-state index in [2.05, 4.69) is 6.07 Å². The van der Waals surface area contributed by atoms with Crippen LogP contribution in [0.4, 0.5) is 8.78 Å². The quantitative estimate of drug-likeness (QED) is 0.690. The molecular formula is C23H19ClF2N2O4. The normalized spacial score (nSPS) is 17.2. The first-order chi connectivity index (χ1) is 15.3. The number of fused-ring (bicyclic) bond motifs is 1. The monoisotopic (exact) mass is 460 g/mol. The van der Waals surface area contributed by atoms with Gasteiger partial charge in [0.15, 0.2) is 5.78 Å². The van der Waals surface area contributed by atoms with Crippen molar-refractivity contribution in [3.8, 4) is 17.6 Å². The minimum Gasteiger partial charge on any atom is -0.490 e. The third kappa shape index (κ3) is 4.39.